The molecule has 0 amide bonds. The van der Waals surface area contributed by atoms with Crippen LogP contribution in [0.15, 0.2) is 18.6 Å². The van der Waals surface area contributed by atoms with E-state index in [1.165, 1.54) is 0 Å². The van der Waals surface area contributed by atoms with Gasteiger partial charge in [0.1, 0.15) is 0 Å². The lowest BCUT2D eigenvalue weighted by Crippen LogP contribution is -2.24. The Bertz CT molecular complexity index is 594. The molecule has 0 fully saturated rings. The van der Waals surface area contributed by atoms with Crippen LogP contribution < -0.4 is 4.52 Å². The van der Waals surface area contributed by atoms with Gasteiger partial charge >= 0.3 is 5.78 Å². The van der Waals surface area contributed by atoms with Crippen LogP contribution in [0.25, 0.3) is 17.3 Å². The fourth-order valence-electron chi connectivity index (χ4n) is 1.41. The molecule has 0 aliphatic rings. The molecule has 0 bridgehead atoms. The number of hydrogen-bond donors (Lipinski definition) is 2. The lowest BCUT2D eigenvalue weighted by molar-refractivity contribution is -0.566. The minimum absolute atomic E-state index is 0.591. The third-order valence-electron chi connectivity index (χ3n) is 2.03. The van der Waals surface area contributed by atoms with Gasteiger partial charge in [0.2, 0.25) is 0 Å². The van der Waals surface area contributed by atoms with E-state index in [9.17, 15) is 0 Å². The molecule has 0 spiro atoms. The number of nitrogens with zero attached hydrogens (tertiary/aromatic N) is 5. The molecule has 0 aliphatic heterocycles. The number of nitrogens with one attached hydrogen (secondary N) is 2. The van der Waals surface area contributed by atoms with Crippen LogP contribution in [-0.4, -0.2) is 30.2 Å². The summed E-state index contributed by atoms with van der Waals surface area (Å²) in [6.07, 6.45) is 4.92. The molecule has 74 valence electrons. The van der Waals surface area contributed by atoms with Crippen molar-refractivity contribution in [2.24, 2.45) is 0 Å². The highest BCUT2D eigenvalue weighted by Crippen LogP contribution is 2.06. The summed E-state index contributed by atoms with van der Waals surface area (Å²) in [5.41, 5.74) is 0.716. The molecule has 15 heavy (non-hydrogen) atoms. The largest absolute Gasteiger partial charge is 0.437 e. The van der Waals surface area contributed by atoms with Crippen LogP contribution in [0.4, 0.5) is 0 Å². The summed E-state index contributed by atoms with van der Waals surface area (Å²) in [5, 5.41) is 9.95. The molecule has 0 radical (unpaired) electrons. The van der Waals surface area contributed by atoms with Gasteiger partial charge in [-0.3, -0.25) is 4.98 Å². The first kappa shape index (κ1) is 8.04. The van der Waals surface area contributed by atoms with Crippen LogP contribution in [0.1, 0.15) is 5.82 Å². The van der Waals surface area contributed by atoms with E-state index in [1.54, 1.807) is 23.1 Å². The predicted octanol–water partition coefficient (Wildman–Crippen LogP) is -0.363. The van der Waals surface area contributed by atoms with Gasteiger partial charge in [-0.05, 0) is 0 Å². The van der Waals surface area contributed by atoms with Crippen LogP contribution in [0.5, 0.6) is 0 Å². The van der Waals surface area contributed by atoms with E-state index < -0.39 is 0 Å². The molecule has 0 aromatic carbocycles. The Balaban J connectivity index is 2.27. The van der Waals surface area contributed by atoms with Crippen molar-refractivity contribution in [2.75, 3.05) is 0 Å². The van der Waals surface area contributed by atoms with Crippen LogP contribution >= 0.6 is 0 Å². The summed E-state index contributed by atoms with van der Waals surface area (Å²) >= 11 is 0. The Morgan fingerprint density at radius 3 is 3.07 bits per heavy atom. The topological polar surface area (TPSA) is 87.2 Å². The van der Waals surface area contributed by atoms with Crippen molar-refractivity contribution in [3.05, 3.63) is 24.4 Å². The number of hydrogen-bond acceptors (Lipinski definition) is 4. The van der Waals surface area contributed by atoms with Crippen molar-refractivity contribution in [1.82, 2.24) is 30.2 Å². The van der Waals surface area contributed by atoms with E-state index in [4.69, 9.17) is 0 Å². The van der Waals surface area contributed by atoms with Gasteiger partial charge in [0.05, 0.1) is 6.20 Å². The molecule has 3 aromatic heterocycles. The smallest absolute Gasteiger partial charge is 0.261 e. The highest BCUT2D eigenvalue weighted by atomic mass is 15.4. The first-order valence-corrected chi connectivity index (χ1v) is 4.44. The molecule has 0 saturated heterocycles. The summed E-state index contributed by atoms with van der Waals surface area (Å²) < 4.78 is 1.74. The average molecular weight is 202 g/mol. The van der Waals surface area contributed by atoms with Gasteiger partial charge in [-0.2, -0.15) is 0 Å². The molecule has 3 rings (SSSR count). The Morgan fingerprint density at radius 1 is 1.33 bits per heavy atom. The van der Waals surface area contributed by atoms with E-state index >= 15 is 0 Å². The fraction of sp³-hybridized carbons (Fsp3) is 0.125. The SMILES string of the molecule is Cc1nc2n[nH]c(-c3cnccn3)[n+]2[nH]1. The maximum atomic E-state index is 4.18. The van der Waals surface area contributed by atoms with Gasteiger partial charge in [0, 0.05) is 24.4 Å². The number of rotatable bonds is 1. The van der Waals surface area contributed by atoms with Crippen LogP contribution in [0, 0.1) is 6.92 Å². The molecule has 3 aromatic rings. The van der Waals surface area contributed by atoms with Gasteiger partial charge in [0.25, 0.3) is 5.82 Å². The Morgan fingerprint density at radius 2 is 2.27 bits per heavy atom. The van der Waals surface area contributed by atoms with Gasteiger partial charge in [-0.15, -0.1) is 9.61 Å². The Labute approximate surface area is 84.2 Å². The van der Waals surface area contributed by atoms with Crippen molar-refractivity contribution < 1.29 is 4.52 Å². The van der Waals surface area contributed by atoms with E-state index in [0.717, 1.165) is 11.6 Å². The first-order chi connectivity index (χ1) is 7.34. The predicted molar refractivity (Wildman–Crippen MR) is 49.7 cm³/mol. The molecule has 0 saturated carbocycles. The Hall–Kier alpha value is -2.31. The molecule has 3 heterocycles. The van der Waals surface area contributed by atoms with Crippen molar-refractivity contribution in [1.29, 1.82) is 0 Å². The normalized spacial score (nSPS) is 11.0. The van der Waals surface area contributed by atoms with Crippen LogP contribution in [-0.2, 0) is 0 Å². The molecule has 2 N–H and O–H groups in total. The van der Waals surface area contributed by atoms with Crippen molar-refractivity contribution >= 4 is 5.78 Å². The molecule has 0 atom stereocenters. The number of fused-ring (bicyclic) bond motifs is 1. The van der Waals surface area contributed by atoms with Crippen molar-refractivity contribution in [2.45, 2.75) is 6.92 Å². The highest BCUT2D eigenvalue weighted by molar-refractivity contribution is 5.43. The second-order valence-electron chi connectivity index (χ2n) is 3.11. The molecule has 7 nitrogen and oxygen atoms in total. The summed E-state index contributed by atoms with van der Waals surface area (Å²) in [6, 6.07) is 0. The summed E-state index contributed by atoms with van der Waals surface area (Å²) in [5.74, 6) is 2.13. The lowest BCUT2D eigenvalue weighted by atomic mass is 10.4. The van der Waals surface area contributed by atoms with E-state index in [2.05, 4.69) is 30.2 Å². The van der Waals surface area contributed by atoms with Crippen LogP contribution in [0.3, 0.4) is 0 Å². The van der Waals surface area contributed by atoms with Gasteiger partial charge in [0.15, 0.2) is 11.5 Å². The van der Waals surface area contributed by atoms with E-state index in [1.807, 2.05) is 6.92 Å². The zero-order chi connectivity index (χ0) is 10.3. The number of aryl methyl sites for hydroxylation is 1. The maximum absolute atomic E-state index is 4.18. The van der Waals surface area contributed by atoms with Crippen molar-refractivity contribution in [3.8, 4) is 11.5 Å². The highest BCUT2D eigenvalue weighted by Gasteiger charge is 2.18. The van der Waals surface area contributed by atoms with Crippen LogP contribution in [0.2, 0.25) is 0 Å². The second kappa shape index (κ2) is 2.84. The van der Waals surface area contributed by atoms with Gasteiger partial charge < -0.3 is 0 Å². The quantitative estimate of drug-likeness (QED) is 0.527. The second-order valence-corrected chi connectivity index (χ2v) is 3.11. The minimum Gasteiger partial charge on any atom is -0.261 e. The molecular formula is C8H8N7+. The standard InChI is InChI=1S/C8H7N7/c1-5-11-8-13-12-7(15(8)14-5)6-4-9-2-3-10-6/h2-4H,1H3,(H,10,11,13,14)/p+1. The zero-order valence-electron chi connectivity index (χ0n) is 7.97. The average Bonchev–Trinajstić information content (AvgIpc) is 2.77. The first-order valence-electron chi connectivity index (χ1n) is 4.44. The lowest BCUT2D eigenvalue weighted by Gasteiger charge is -1.90. The third-order valence-corrected chi connectivity index (χ3v) is 2.03. The zero-order valence-corrected chi connectivity index (χ0v) is 7.97. The van der Waals surface area contributed by atoms with E-state index in [0.29, 0.717) is 11.5 Å². The molecule has 0 aliphatic carbocycles. The molecule has 7 heteroatoms. The maximum Gasteiger partial charge on any atom is 0.437 e. The summed E-state index contributed by atoms with van der Waals surface area (Å²) in [7, 11) is 0. The molecule has 0 unspecified atom stereocenters. The monoisotopic (exact) mass is 202 g/mol. The third kappa shape index (κ3) is 1.17. The van der Waals surface area contributed by atoms with Crippen molar-refractivity contribution in [3.63, 3.8) is 0 Å². The number of H-pyrrole nitrogens is 2. The van der Waals surface area contributed by atoms with E-state index in [-0.39, 0.29) is 0 Å². The Kier molecular flexibility index (Phi) is 1.52. The fourth-order valence-corrected chi connectivity index (χ4v) is 1.41. The summed E-state index contributed by atoms with van der Waals surface area (Å²) in [4.78, 5) is 12.4. The van der Waals surface area contributed by atoms with Gasteiger partial charge in [-0.1, -0.05) is 4.98 Å². The van der Waals surface area contributed by atoms with Gasteiger partial charge in [-0.25, -0.2) is 10.1 Å². The number of aromatic amines is 2. The minimum atomic E-state index is 0.591. The number of aromatic nitrogens is 7. The summed E-state index contributed by atoms with van der Waals surface area (Å²) in [6.45, 7) is 1.87. The molecular weight excluding hydrogens is 194 g/mol.